The van der Waals surface area contributed by atoms with Gasteiger partial charge in [-0.2, -0.15) is 15.1 Å². The summed E-state index contributed by atoms with van der Waals surface area (Å²) in [5.74, 6) is 2.34. The van der Waals surface area contributed by atoms with E-state index in [1.165, 1.54) is 0 Å². The van der Waals surface area contributed by atoms with E-state index in [2.05, 4.69) is 25.5 Å². The fraction of sp³-hybridized carbons (Fsp3) is 0.182. The first-order valence-electron chi connectivity index (χ1n) is 5.38. The lowest BCUT2D eigenvalue weighted by Gasteiger charge is -2.04. The second kappa shape index (κ2) is 4.30. The van der Waals surface area contributed by atoms with Crippen molar-refractivity contribution in [1.29, 1.82) is 0 Å². The Bertz CT molecular complexity index is 690. The standard InChI is InChI=1S/C11H10ClN5O/c1-6-2-3-7(18-6)4-13-9-8-5-14-17-10(8)16-11(12)15-9/h2-3,5H,4H2,1H3,(H2,13,14,15,16,17). The highest BCUT2D eigenvalue weighted by atomic mass is 35.5. The molecule has 3 rings (SSSR count). The van der Waals surface area contributed by atoms with Crippen molar-refractivity contribution >= 4 is 28.5 Å². The maximum Gasteiger partial charge on any atom is 0.226 e. The van der Waals surface area contributed by atoms with E-state index in [4.69, 9.17) is 16.0 Å². The molecule has 0 saturated heterocycles. The molecule has 0 spiro atoms. The lowest BCUT2D eigenvalue weighted by molar-refractivity contribution is 0.490. The molecule has 0 aliphatic carbocycles. The van der Waals surface area contributed by atoms with Crippen molar-refractivity contribution in [2.75, 3.05) is 5.32 Å². The number of hydrogen-bond donors (Lipinski definition) is 2. The molecule has 0 aliphatic rings. The van der Waals surface area contributed by atoms with Gasteiger partial charge in [-0.05, 0) is 30.7 Å². The van der Waals surface area contributed by atoms with Gasteiger partial charge in [-0.15, -0.1) is 0 Å². The Balaban J connectivity index is 1.87. The SMILES string of the molecule is Cc1ccc(CNc2nc(Cl)nc3[nH]ncc23)o1. The first kappa shape index (κ1) is 11.0. The van der Waals surface area contributed by atoms with E-state index >= 15 is 0 Å². The van der Waals surface area contributed by atoms with Crippen LogP contribution in [0, 0.1) is 6.92 Å². The molecule has 18 heavy (non-hydrogen) atoms. The third kappa shape index (κ3) is 2.02. The molecule has 0 atom stereocenters. The highest BCUT2D eigenvalue weighted by molar-refractivity contribution is 6.28. The fourth-order valence-corrected chi connectivity index (χ4v) is 1.86. The van der Waals surface area contributed by atoms with E-state index in [1.807, 2.05) is 19.1 Å². The monoisotopic (exact) mass is 263 g/mol. The van der Waals surface area contributed by atoms with Crippen LogP contribution < -0.4 is 5.32 Å². The molecule has 0 radical (unpaired) electrons. The molecule has 3 aromatic rings. The van der Waals surface area contributed by atoms with Crippen molar-refractivity contribution in [3.05, 3.63) is 35.1 Å². The molecule has 0 fully saturated rings. The summed E-state index contributed by atoms with van der Waals surface area (Å²) in [4.78, 5) is 8.17. The zero-order valence-corrected chi connectivity index (χ0v) is 10.3. The fourth-order valence-electron chi connectivity index (χ4n) is 1.69. The van der Waals surface area contributed by atoms with Gasteiger partial charge in [-0.3, -0.25) is 5.10 Å². The molecular formula is C11H10ClN5O. The van der Waals surface area contributed by atoms with Gasteiger partial charge < -0.3 is 9.73 Å². The number of aromatic amines is 1. The Hall–Kier alpha value is -2.08. The number of halogens is 1. The van der Waals surface area contributed by atoms with Crippen LogP contribution in [0.25, 0.3) is 11.0 Å². The van der Waals surface area contributed by atoms with Crippen LogP contribution in [0.1, 0.15) is 11.5 Å². The van der Waals surface area contributed by atoms with Gasteiger partial charge in [0.2, 0.25) is 5.28 Å². The molecule has 6 nitrogen and oxygen atoms in total. The van der Waals surface area contributed by atoms with Gasteiger partial charge in [0.25, 0.3) is 0 Å². The molecule has 0 aliphatic heterocycles. The molecule has 2 N–H and O–H groups in total. The summed E-state index contributed by atoms with van der Waals surface area (Å²) in [5.41, 5.74) is 0.605. The van der Waals surface area contributed by atoms with Crippen LogP contribution in [0.3, 0.4) is 0 Å². The van der Waals surface area contributed by atoms with Crippen molar-refractivity contribution < 1.29 is 4.42 Å². The van der Waals surface area contributed by atoms with Gasteiger partial charge in [0, 0.05) is 0 Å². The highest BCUT2D eigenvalue weighted by Crippen LogP contribution is 2.20. The van der Waals surface area contributed by atoms with Crippen molar-refractivity contribution in [2.24, 2.45) is 0 Å². The first-order valence-corrected chi connectivity index (χ1v) is 5.76. The number of anilines is 1. The summed E-state index contributed by atoms with van der Waals surface area (Å²) in [6, 6.07) is 3.83. The smallest absolute Gasteiger partial charge is 0.226 e. The minimum Gasteiger partial charge on any atom is -0.465 e. The quantitative estimate of drug-likeness (QED) is 0.710. The Morgan fingerprint density at radius 3 is 3.06 bits per heavy atom. The number of rotatable bonds is 3. The second-order valence-electron chi connectivity index (χ2n) is 3.84. The number of fused-ring (bicyclic) bond motifs is 1. The van der Waals surface area contributed by atoms with Crippen LogP contribution >= 0.6 is 11.6 Å². The molecule has 0 amide bonds. The predicted octanol–water partition coefficient (Wildman–Crippen LogP) is 2.52. The summed E-state index contributed by atoms with van der Waals surface area (Å²) in [6.45, 7) is 2.43. The van der Waals surface area contributed by atoms with Gasteiger partial charge in [0.15, 0.2) is 5.65 Å². The average molecular weight is 264 g/mol. The Morgan fingerprint density at radius 2 is 2.28 bits per heavy atom. The van der Waals surface area contributed by atoms with Crippen LogP contribution in [0.5, 0.6) is 0 Å². The van der Waals surface area contributed by atoms with Gasteiger partial charge in [-0.1, -0.05) is 0 Å². The predicted molar refractivity (Wildman–Crippen MR) is 67.5 cm³/mol. The number of H-pyrrole nitrogens is 1. The van der Waals surface area contributed by atoms with Gasteiger partial charge in [-0.25, -0.2) is 0 Å². The molecule has 0 bridgehead atoms. The second-order valence-corrected chi connectivity index (χ2v) is 4.18. The van der Waals surface area contributed by atoms with Crippen molar-refractivity contribution in [1.82, 2.24) is 20.2 Å². The number of hydrogen-bond acceptors (Lipinski definition) is 5. The number of aromatic nitrogens is 4. The molecule has 3 heterocycles. The number of nitrogens with one attached hydrogen (secondary N) is 2. The first-order chi connectivity index (χ1) is 8.72. The van der Waals surface area contributed by atoms with Crippen LogP contribution in [0.4, 0.5) is 5.82 Å². The van der Waals surface area contributed by atoms with Gasteiger partial charge >= 0.3 is 0 Å². The number of nitrogens with zero attached hydrogens (tertiary/aromatic N) is 3. The molecule has 0 unspecified atom stereocenters. The van der Waals surface area contributed by atoms with Crippen LogP contribution in [-0.2, 0) is 6.54 Å². The minimum atomic E-state index is 0.171. The van der Waals surface area contributed by atoms with Crippen LogP contribution in [0.15, 0.2) is 22.7 Å². The topological polar surface area (TPSA) is 79.6 Å². The average Bonchev–Trinajstić information content (AvgIpc) is 2.94. The number of furan rings is 1. The summed E-state index contributed by atoms with van der Waals surface area (Å²) in [6.07, 6.45) is 1.65. The molecule has 3 aromatic heterocycles. The van der Waals surface area contributed by atoms with E-state index in [0.29, 0.717) is 18.0 Å². The molecular weight excluding hydrogens is 254 g/mol. The van der Waals surface area contributed by atoms with Crippen molar-refractivity contribution in [3.63, 3.8) is 0 Å². The van der Waals surface area contributed by atoms with E-state index in [0.717, 1.165) is 16.9 Å². The largest absolute Gasteiger partial charge is 0.465 e. The zero-order chi connectivity index (χ0) is 12.5. The van der Waals surface area contributed by atoms with E-state index in [9.17, 15) is 0 Å². The summed E-state index contributed by atoms with van der Waals surface area (Å²) in [7, 11) is 0. The lowest BCUT2D eigenvalue weighted by Crippen LogP contribution is -2.01. The van der Waals surface area contributed by atoms with Crippen LogP contribution in [0.2, 0.25) is 5.28 Å². The Labute approximate surface area is 107 Å². The lowest BCUT2D eigenvalue weighted by atomic mass is 10.3. The summed E-state index contributed by atoms with van der Waals surface area (Å²) < 4.78 is 5.47. The summed E-state index contributed by atoms with van der Waals surface area (Å²) >= 11 is 5.83. The molecule has 0 saturated carbocycles. The molecule has 92 valence electrons. The van der Waals surface area contributed by atoms with E-state index < -0.39 is 0 Å². The third-order valence-corrected chi connectivity index (χ3v) is 2.68. The normalized spacial score (nSPS) is 11.0. The third-order valence-electron chi connectivity index (χ3n) is 2.51. The Kier molecular flexibility index (Phi) is 2.64. The van der Waals surface area contributed by atoms with Crippen LogP contribution in [-0.4, -0.2) is 20.2 Å². The summed E-state index contributed by atoms with van der Waals surface area (Å²) in [5, 5.41) is 10.8. The van der Waals surface area contributed by atoms with E-state index in [-0.39, 0.29) is 5.28 Å². The van der Waals surface area contributed by atoms with Crippen molar-refractivity contribution in [2.45, 2.75) is 13.5 Å². The Morgan fingerprint density at radius 1 is 1.39 bits per heavy atom. The number of aryl methyl sites for hydroxylation is 1. The highest BCUT2D eigenvalue weighted by Gasteiger charge is 2.08. The van der Waals surface area contributed by atoms with E-state index in [1.54, 1.807) is 6.20 Å². The minimum absolute atomic E-state index is 0.171. The maximum atomic E-state index is 5.83. The molecule has 7 heteroatoms. The van der Waals surface area contributed by atoms with Gasteiger partial charge in [0.1, 0.15) is 17.3 Å². The zero-order valence-electron chi connectivity index (χ0n) is 9.57. The van der Waals surface area contributed by atoms with Gasteiger partial charge in [0.05, 0.1) is 18.1 Å². The molecule has 0 aromatic carbocycles. The van der Waals surface area contributed by atoms with Crippen molar-refractivity contribution in [3.8, 4) is 0 Å². The maximum absolute atomic E-state index is 5.83.